The standard InChI is InChI=1S/C9H16N2O3/c1-10(2)9(14)11-5-3-4-7(11)6-8(12)13/h7H,3-6H2,1-2H3,(H,12,13). The summed E-state index contributed by atoms with van der Waals surface area (Å²) in [5.41, 5.74) is 0. The number of rotatable bonds is 2. The molecular weight excluding hydrogens is 184 g/mol. The summed E-state index contributed by atoms with van der Waals surface area (Å²) in [7, 11) is 3.36. The van der Waals surface area contributed by atoms with Gasteiger partial charge in [0.1, 0.15) is 0 Å². The van der Waals surface area contributed by atoms with Crippen molar-refractivity contribution in [2.45, 2.75) is 25.3 Å². The van der Waals surface area contributed by atoms with E-state index in [0.29, 0.717) is 6.54 Å². The summed E-state index contributed by atoms with van der Waals surface area (Å²) in [5, 5.41) is 8.66. The number of carbonyl (C=O) groups is 2. The second kappa shape index (κ2) is 4.30. The average Bonchev–Trinajstić information content (AvgIpc) is 2.49. The molecule has 1 N–H and O–H groups in total. The van der Waals surface area contributed by atoms with Gasteiger partial charge in [0.15, 0.2) is 0 Å². The van der Waals surface area contributed by atoms with E-state index >= 15 is 0 Å². The first kappa shape index (κ1) is 10.8. The summed E-state index contributed by atoms with van der Waals surface area (Å²) < 4.78 is 0. The normalized spacial score (nSPS) is 21.0. The molecule has 0 radical (unpaired) electrons. The topological polar surface area (TPSA) is 60.9 Å². The Hall–Kier alpha value is -1.26. The Labute approximate surface area is 83.3 Å². The lowest BCUT2D eigenvalue weighted by atomic mass is 10.1. The molecule has 1 saturated heterocycles. The van der Waals surface area contributed by atoms with Gasteiger partial charge in [0.2, 0.25) is 0 Å². The lowest BCUT2D eigenvalue weighted by Crippen LogP contribution is -2.42. The first-order valence-electron chi connectivity index (χ1n) is 4.72. The molecule has 0 aliphatic carbocycles. The van der Waals surface area contributed by atoms with Crippen LogP contribution in [0.15, 0.2) is 0 Å². The molecule has 0 aromatic heterocycles. The Balaban J connectivity index is 2.59. The van der Waals surface area contributed by atoms with Crippen molar-refractivity contribution in [2.24, 2.45) is 0 Å². The van der Waals surface area contributed by atoms with E-state index in [0.717, 1.165) is 12.8 Å². The highest BCUT2D eigenvalue weighted by molar-refractivity contribution is 5.76. The first-order valence-corrected chi connectivity index (χ1v) is 4.72. The van der Waals surface area contributed by atoms with Gasteiger partial charge >= 0.3 is 12.0 Å². The van der Waals surface area contributed by atoms with Crippen LogP contribution in [0.1, 0.15) is 19.3 Å². The number of amides is 2. The molecule has 1 fully saturated rings. The number of likely N-dealkylation sites (tertiary alicyclic amines) is 1. The van der Waals surface area contributed by atoms with Crippen molar-refractivity contribution in [3.05, 3.63) is 0 Å². The van der Waals surface area contributed by atoms with Crippen LogP contribution in [0, 0.1) is 0 Å². The molecular formula is C9H16N2O3. The molecule has 14 heavy (non-hydrogen) atoms. The van der Waals surface area contributed by atoms with Gasteiger partial charge in [0, 0.05) is 26.7 Å². The van der Waals surface area contributed by atoms with Crippen LogP contribution in [-0.2, 0) is 4.79 Å². The van der Waals surface area contributed by atoms with Crippen LogP contribution in [-0.4, -0.2) is 53.6 Å². The van der Waals surface area contributed by atoms with Gasteiger partial charge in [-0.25, -0.2) is 4.79 Å². The summed E-state index contributed by atoms with van der Waals surface area (Å²) in [4.78, 5) is 25.3. The monoisotopic (exact) mass is 200 g/mol. The Morgan fingerprint density at radius 3 is 2.64 bits per heavy atom. The molecule has 0 aromatic carbocycles. The number of nitrogens with zero attached hydrogens (tertiary/aromatic N) is 2. The van der Waals surface area contributed by atoms with Gasteiger partial charge in [-0.3, -0.25) is 4.79 Å². The van der Waals surface area contributed by atoms with Gasteiger partial charge < -0.3 is 14.9 Å². The van der Waals surface area contributed by atoms with E-state index in [1.807, 2.05) is 0 Å². The van der Waals surface area contributed by atoms with Crippen molar-refractivity contribution in [3.8, 4) is 0 Å². The summed E-state index contributed by atoms with van der Waals surface area (Å²) >= 11 is 0. The van der Waals surface area contributed by atoms with Crippen LogP contribution in [0.4, 0.5) is 4.79 Å². The van der Waals surface area contributed by atoms with E-state index in [1.165, 1.54) is 4.90 Å². The lowest BCUT2D eigenvalue weighted by Gasteiger charge is -2.26. The maximum absolute atomic E-state index is 11.6. The number of aliphatic carboxylic acids is 1. The summed E-state index contributed by atoms with van der Waals surface area (Å²) in [6.45, 7) is 0.676. The highest BCUT2D eigenvalue weighted by Crippen LogP contribution is 2.20. The quantitative estimate of drug-likeness (QED) is 0.710. The van der Waals surface area contributed by atoms with Crippen molar-refractivity contribution >= 4 is 12.0 Å². The smallest absolute Gasteiger partial charge is 0.319 e. The second-order valence-corrected chi connectivity index (χ2v) is 3.76. The number of urea groups is 1. The highest BCUT2D eigenvalue weighted by atomic mass is 16.4. The van der Waals surface area contributed by atoms with E-state index in [9.17, 15) is 9.59 Å². The molecule has 1 rings (SSSR count). The number of carboxylic acids is 1. The van der Waals surface area contributed by atoms with Gasteiger partial charge in [-0.15, -0.1) is 0 Å². The van der Waals surface area contributed by atoms with E-state index < -0.39 is 5.97 Å². The summed E-state index contributed by atoms with van der Waals surface area (Å²) in [6.07, 6.45) is 1.75. The van der Waals surface area contributed by atoms with Crippen LogP contribution in [0.2, 0.25) is 0 Å². The molecule has 1 heterocycles. The third-order valence-electron chi connectivity index (χ3n) is 2.42. The minimum Gasteiger partial charge on any atom is -0.481 e. The van der Waals surface area contributed by atoms with Gasteiger partial charge in [-0.1, -0.05) is 0 Å². The molecule has 80 valence electrons. The molecule has 2 amide bonds. The van der Waals surface area contributed by atoms with Crippen molar-refractivity contribution in [2.75, 3.05) is 20.6 Å². The van der Waals surface area contributed by atoms with Gasteiger partial charge in [0.25, 0.3) is 0 Å². The Morgan fingerprint density at radius 1 is 1.50 bits per heavy atom. The van der Waals surface area contributed by atoms with Gasteiger partial charge in [-0.05, 0) is 12.8 Å². The van der Waals surface area contributed by atoms with Crippen molar-refractivity contribution < 1.29 is 14.7 Å². The molecule has 1 aliphatic heterocycles. The van der Waals surface area contributed by atoms with E-state index in [-0.39, 0.29) is 18.5 Å². The highest BCUT2D eigenvalue weighted by Gasteiger charge is 2.30. The third kappa shape index (κ3) is 2.37. The second-order valence-electron chi connectivity index (χ2n) is 3.76. The molecule has 5 nitrogen and oxygen atoms in total. The molecule has 0 aromatic rings. The number of hydrogen-bond donors (Lipinski definition) is 1. The zero-order valence-electron chi connectivity index (χ0n) is 8.56. The minimum absolute atomic E-state index is 0.0551. The fourth-order valence-corrected chi connectivity index (χ4v) is 1.76. The minimum atomic E-state index is -0.839. The van der Waals surface area contributed by atoms with Crippen LogP contribution < -0.4 is 0 Å². The molecule has 0 bridgehead atoms. The number of carbonyl (C=O) groups excluding carboxylic acids is 1. The molecule has 1 atom stereocenters. The Kier molecular flexibility index (Phi) is 3.33. The predicted molar refractivity (Wildman–Crippen MR) is 51.1 cm³/mol. The van der Waals surface area contributed by atoms with Crippen LogP contribution in [0.25, 0.3) is 0 Å². The number of hydrogen-bond acceptors (Lipinski definition) is 2. The molecule has 1 unspecified atom stereocenters. The predicted octanol–water partition coefficient (Wildman–Crippen LogP) is 0.607. The van der Waals surface area contributed by atoms with E-state index in [4.69, 9.17) is 5.11 Å². The SMILES string of the molecule is CN(C)C(=O)N1CCCC1CC(=O)O. The van der Waals surface area contributed by atoms with Gasteiger partial charge in [-0.2, -0.15) is 0 Å². The van der Waals surface area contributed by atoms with E-state index in [1.54, 1.807) is 19.0 Å². The average molecular weight is 200 g/mol. The zero-order chi connectivity index (χ0) is 10.7. The number of carboxylic acid groups (broad SMARTS) is 1. The maximum atomic E-state index is 11.6. The van der Waals surface area contributed by atoms with Crippen molar-refractivity contribution in [1.82, 2.24) is 9.80 Å². The van der Waals surface area contributed by atoms with E-state index in [2.05, 4.69) is 0 Å². The summed E-state index contributed by atoms with van der Waals surface area (Å²) in [6, 6.07) is -0.212. The fraction of sp³-hybridized carbons (Fsp3) is 0.778. The zero-order valence-corrected chi connectivity index (χ0v) is 8.56. The van der Waals surface area contributed by atoms with Crippen molar-refractivity contribution in [1.29, 1.82) is 0 Å². The first-order chi connectivity index (χ1) is 6.52. The van der Waals surface area contributed by atoms with Gasteiger partial charge in [0.05, 0.1) is 6.42 Å². The largest absolute Gasteiger partial charge is 0.481 e. The lowest BCUT2D eigenvalue weighted by molar-refractivity contribution is -0.137. The van der Waals surface area contributed by atoms with Crippen LogP contribution >= 0.6 is 0 Å². The maximum Gasteiger partial charge on any atom is 0.319 e. The van der Waals surface area contributed by atoms with Crippen LogP contribution in [0.3, 0.4) is 0 Å². The third-order valence-corrected chi connectivity index (χ3v) is 2.42. The Morgan fingerprint density at radius 2 is 2.14 bits per heavy atom. The molecule has 5 heteroatoms. The fourth-order valence-electron chi connectivity index (χ4n) is 1.76. The molecule has 0 saturated carbocycles. The molecule has 0 spiro atoms. The van der Waals surface area contributed by atoms with Crippen molar-refractivity contribution in [3.63, 3.8) is 0 Å². The van der Waals surface area contributed by atoms with Crippen LogP contribution in [0.5, 0.6) is 0 Å². The Bertz CT molecular complexity index is 240. The summed E-state index contributed by atoms with van der Waals surface area (Å²) in [5.74, 6) is -0.839. The molecule has 1 aliphatic rings.